The summed E-state index contributed by atoms with van der Waals surface area (Å²) in [6, 6.07) is 5.29. The van der Waals surface area contributed by atoms with Crippen LogP contribution in [0.4, 0.5) is 0 Å². The highest BCUT2D eigenvalue weighted by Gasteiger charge is 2.42. The van der Waals surface area contributed by atoms with Gasteiger partial charge in [0, 0.05) is 23.4 Å². The van der Waals surface area contributed by atoms with E-state index in [1.54, 1.807) is 19.2 Å². The Balaban J connectivity index is 1.49. The van der Waals surface area contributed by atoms with Crippen molar-refractivity contribution < 1.29 is 23.9 Å². The summed E-state index contributed by atoms with van der Waals surface area (Å²) in [6.45, 7) is 2.67. The lowest BCUT2D eigenvalue weighted by molar-refractivity contribution is -0.131. The van der Waals surface area contributed by atoms with Crippen molar-refractivity contribution in [3.05, 3.63) is 30.0 Å². The van der Waals surface area contributed by atoms with E-state index in [9.17, 15) is 19.2 Å². The quantitative estimate of drug-likeness (QED) is 0.345. The summed E-state index contributed by atoms with van der Waals surface area (Å²) in [6.07, 6.45) is 3.92. The Labute approximate surface area is 203 Å². The Morgan fingerprint density at radius 3 is 2.66 bits per heavy atom. The molecule has 1 aliphatic carbocycles. The standard InChI is InChI=1S/C25H33N5O5/c1-25(8-9-25)13-19(24(34)29-17(21(26)31)11-14-5-4-10-27-22(14)32)30-23(33)18-12-15-16(28-18)6-3-7-20(15)35-2/h3,6-7,12,14,17,19,28H,4-5,8-11,13H2,1-2H3,(H2,26,31)(H,27,32)(H,29,34)(H,30,33)/t14-,17-,19?/m0/s1. The fourth-order valence-corrected chi connectivity index (χ4v) is 4.65. The molecular formula is C25H33N5O5. The van der Waals surface area contributed by atoms with Crippen molar-refractivity contribution in [3.8, 4) is 5.75 Å². The number of hydrogen-bond acceptors (Lipinski definition) is 5. The molecule has 35 heavy (non-hydrogen) atoms. The number of aromatic nitrogens is 1. The van der Waals surface area contributed by atoms with E-state index in [-0.39, 0.29) is 17.7 Å². The lowest BCUT2D eigenvalue weighted by atomic mass is 9.91. The maximum Gasteiger partial charge on any atom is 0.268 e. The number of carbonyl (C=O) groups is 4. The van der Waals surface area contributed by atoms with Gasteiger partial charge in [-0.25, -0.2) is 0 Å². The summed E-state index contributed by atoms with van der Waals surface area (Å²) in [5, 5.41) is 9.07. The third-order valence-electron chi connectivity index (χ3n) is 7.09. The Hall–Kier alpha value is -3.56. The Bertz CT molecular complexity index is 1140. The number of primary amides is 1. The zero-order valence-electron chi connectivity index (χ0n) is 20.1. The molecule has 188 valence electrons. The van der Waals surface area contributed by atoms with Crippen molar-refractivity contribution in [2.24, 2.45) is 17.1 Å². The molecule has 0 spiro atoms. The van der Waals surface area contributed by atoms with Crippen LogP contribution in [0.3, 0.4) is 0 Å². The van der Waals surface area contributed by atoms with Gasteiger partial charge in [0.15, 0.2) is 0 Å². The van der Waals surface area contributed by atoms with E-state index in [1.165, 1.54) is 0 Å². The highest BCUT2D eigenvalue weighted by Crippen LogP contribution is 2.49. The van der Waals surface area contributed by atoms with Crippen molar-refractivity contribution in [2.45, 2.75) is 57.5 Å². The Morgan fingerprint density at radius 2 is 2.00 bits per heavy atom. The second-order valence-corrected chi connectivity index (χ2v) is 9.97. The number of hydrogen-bond donors (Lipinski definition) is 5. The minimum atomic E-state index is -1.000. The molecule has 1 saturated carbocycles. The van der Waals surface area contributed by atoms with Gasteiger partial charge < -0.3 is 31.4 Å². The van der Waals surface area contributed by atoms with Gasteiger partial charge in [0.05, 0.1) is 7.11 Å². The van der Waals surface area contributed by atoms with Crippen LogP contribution in [-0.2, 0) is 14.4 Å². The minimum Gasteiger partial charge on any atom is -0.496 e. The summed E-state index contributed by atoms with van der Waals surface area (Å²) >= 11 is 0. The van der Waals surface area contributed by atoms with Crippen LogP contribution in [-0.4, -0.2) is 54.4 Å². The number of amides is 4. The number of rotatable bonds is 10. The van der Waals surface area contributed by atoms with E-state index in [2.05, 4.69) is 27.9 Å². The van der Waals surface area contributed by atoms with Crippen LogP contribution in [0.15, 0.2) is 24.3 Å². The fourth-order valence-electron chi connectivity index (χ4n) is 4.65. The number of nitrogens with one attached hydrogen (secondary N) is 4. The molecule has 10 heteroatoms. The monoisotopic (exact) mass is 483 g/mol. The zero-order valence-corrected chi connectivity index (χ0v) is 20.1. The van der Waals surface area contributed by atoms with Gasteiger partial charge in [-0.05, 0) is 62.1 Å². The molecule has 4 rings (SSSR count). The van der Waals surface area contributed by atoms with Crippen molar-refractivity contribution in [3.63, 3.8) is 0 Å². The molecule has 0 radical (unpaired) electrons. The average molecular weight is 484 g/mol. The first kappa shape index (κ1) is 24.6. The molecule has 1 aliphatic heterocycles. The SMILES string of the molecule is COc1cccc2[nH]c(C(=O)NC(CC3(C)CC3)C(=O)N[C@@H](C[C@@H]3CCCNC3=O)C(N)=O)cc12. The second-order valence-electron chi connectivity index (χ2n) is 9.97. The number of benzene rings is 1. The van der Waals surface area contributed by atoms with Gasteiger partial charge >= 0.3 is 0 Å². The van der Waals surface area contributed by atoms with E-state index in [1.807, 2.05) is 12.1 Å². The van der Waals surface area contributed by atoms with Crippen LogP contribution in [0.2, 0.25) is 0 Å². The van der Waals surface area contributed by atoms with Crippen LogP contribution in [0.25, 0.3) is 10.9 Å². The molecule has 0 bridgehead atoms. The van der Waals surface area contributed by atoms with Gasteiger partial charge in [0.25, 0.3) is 5.91 Å². The van der Waals surface area contributed by atoms with Gasteiger partial charge in [0.1, 0.15) is 23.5 Å². The number of piperidine rings is 1. The van der Waals surface area contributed by atoms with Crippen LogP contribution in [0.5, 0.6) is 5.75 Å². The number of ether oxygens (including phenoxy) is 1. The van der Waals surface area contributed by atoms with Crippen molar-refractivity contribution in [1.29, 1.82) is 0 Å². The largest absolute Gasteiger partial charge is 0.496 e. The van der Waals surface area contributed by atoms with E-state index in [0.717, 1.165) is 30.2 Å². The third kappa shape index (κ3) is 5.75. The molecule has 4 amide bonds. The first-order chi connectivity index (χ1) is 16.7. The van der Waals surface area contributed by atoms with E-state index in [0.29, 0.717) is 30.8 Å². The smallest absolute Gasteiger partial charge is 0.268 e. The fraction of sp³-hybridized carbons (Fsp3) is 0.520. The molecule has 2 fully saturated rings. The minimum absolute atomic E-state index is 0.0512. The molecule has 2 aromatic rings. The summed E-state index contributed by atoms with van der Waals surface area (Å²) < 4.78 is 5.36. The summed E-state index contributed by atoms with van der Waals surface area (Å²) in [5.41, 5.74) is 6.55. The van der Waals surface area contributed by atoms with Crippen LogP contribution >= 0.6 is 0 Å². The maximum atomic E-state index is 13.3. The zero-order chi connectivity index (χ0) is 25.2. The van der Waals surface area contributed by atoms with Crippen molar-refractivity contribution in [2.75, 3.05) is 13.7 Å². The van der Waals surface area contributed by atoms with Gasteiger partial charge in [-0.2, -0.15) is 0 Å². The van der Waals surface area contributed by atoms with Gasteiger partial charge in [0.2, 0.25) is 17.7 Å². The van der Waals surface area contributed by atoms with Crippen molar-refractivity contribution >= 4 is 34.5 Å². The Kier molecular flexibility index (Phi) is 7.00. The van der Waals surface area contributed by atoms with E-state index >= 15 is 0 Å². The molecule has 1 unspecified atom stereocenters. The summed E-state index contributed by atoms with van der Waals surface area (Å²) in [7, 11) is 1.56. The summed E-state index contributed by atoms with van der Waals surface area (Å²) in [5.74, 6) is -1.52. The molecule has 2 aliphatic rings. The van der Waals surface area contributed by atoms with Crippen LogP contribution in [0, 0.1) is 11.3 Å². The molecule has 1 saturated heterocycles. The lowest BCUT2D eigenvalue weighted by Crippen LogP contribution is -2.54. The molecular weight excluding hydrogens is 450 g/mol. The predicted molar refractivity (Wildman–Crippen MR) is 130 cm³/mol. The van der Waals surface area contributed by atoms with Crippen molar-refractivity contribution in [1.82, 2.24) is 20.9 Å². The first-order valence-corrected chi connectivity index (χ1v) is 12.0. The highest BCUT2D eigenvalue weighted by atomic mass is 16.5. The molecule has 3 atom stereocenters. The van der Waals surface area contributed by atoms with Crippen LogP contribution < -0.4 is 26.4 Å². The second kappa shape index (κ2) is 9.97. The molecule has 1 aromatic heterocycles. The normalized spacial score (nSPS) is 20.4. The predicted octanol–water partition coefficient (Wildman–Crippen LogP) is 1.35. The van der Waals surface area contributed by atoms with Gasteiger partial charge in [-0.15, -0.1) is 0 Å². The van der Waals surface area contributed by atoms with Crippen LogP contribution in [0.1, 0.15) is 55.9 Å². The molecule has 6 N–H and O–H groups in total. The third-order valence-corrected chi connectivity index (χ3v) is 7.09. The van der Waals surface area contributed by atoms with Gasteiger partial charge in [-0.3, -0.25) is 19.2 Å². The molecule has 1 aromatic carbocycles. The van der Waals surface area contributed by atoms with E-state index in [4.69, 9.17) is 10.5 Å². The van der Waals surface area contributed by atoms with E-state index < -0.39 is 35.7 Å². The number of H-pyrrole nitrogens is 1. The highest BCUT2D eigenvalue weighted by molar-refractivity contribution is 6.01. The number of nitrogens with two attached hydrogens (primary N) is 1. The molecule has 2 heterocycles. The topological polar surface area (TPSA) is 155 Å². The molecule has 10 nitrogen and oxygen atoms in total. The number of carbonyl (C=O) groups excluding carboxylic acids is 4. The summed E-state index contributed by atoms with van der Waals surface area (Å²) in [4.78, 5) is 53.7. The Morgan fingerprint density at radius 1 is 1.23 bits per heavy atom. The number of aromatic amines is 1. The lowest BCUT2D eigenvalue weighted by Gasteiger charge is -2.27. The number of fused-ring (bicyclic) bond motifs is 1. The van der Waals surface area contributed by atoms with Gasteiger partial charge in [-0.1, -0.05) is 13.0 Å². The number of methoxy groups -OCH3 is 1. The average Bonchev–Trinajstić information content (AvgIpc) is 3.38. The maximum absolute atomic E-state index is 13.3. The first-order valence-electron chi connectivity index (χ1n) is 12.0.